The van der Waals surface area contributed by atoms with Crippen molar-refractivity contribution in [3.8, 4) is 0 Å². The minimum Gasteiger partial charge on any atom is -0.339 e. The zero-order valence-electron chi connectivity index (χ0n) is 12.6. The van der Waals surface area contributed by atoms with Gasteiger partial charge >= 0.3 is 0 Å². The Bertz CT molecular complexity index is 302. The van der Waals surface area contributed by atoms with E-state index in [1.165, 1.54) is 6.42 Å². The van der Waals surface area contributed by atoms with Crippen LogP contribution in [0.25, 0.3) is 0 Å². The van der Waals surface area contributed by atoms with E-state index in [1.807, 2.05) is 25.1 Å². The molecular weight excluding hydrogens is 224 g/mol. The van der Waals surface area contributed by atoms with Gasteiger partial charge in [0.25, 0.3) is 0 Å². The molecule has 0 N–H and O–H groups in total. The molecule has 1 aliphatic rings. The molecule has 104 valence electrons. The van der Waals surface area contributed by atoms with E-state index < -0.39 is 0 Å². The number of hydrogen-bond acceptors (Lipinski definition) is 2. The van der Waals surface area contributed by atoms with Crippen LogP contribution in [0.1, 0.15) is 33.6 Å². The quantitative estimate of drug-likeness (QED) is 0.720. The minimum absolute atomic E-state index is 0.172. The SMILES string of the molecule is CN(C)C/C=C/C(=O)N1CCCC(C(C)(C)C)C1. The number of likely N-dealkylation sites (N-methyl/N-ethyl adjacent to an activating group) is 1. The molecule has 0 spiro atoms. The molecule has 1 atom stereocenters. The van der Waals surface area contributed by atoms with Crippen LogP contribution in [-0.4, -0.2) is 49.4 Å². The lowest BCUT2D eigenvalue weighted by Gasteiger charge is -2.39. The lowest BCUT2D eigenvalue weighted by molar-refractivity contribution is -0.128. The smallest absolute Gasteiger partial charge is 0.246 e. The first-order chi connectivity index (χ1) is 8.30. The predicted octanol–water partition coefficient (Wildman–Crippen LogP) is 2.39. The average Bonchev–Trinajstić information content (AvgIpc) is 2.27. The van der Waals surface area contributed by atoms with Crippen LogP contribution in [0.2, 0.25) is 0 Å². The summed E-state index contributed by atoms with van der Waals surface area (Å²) in [6.07, 6.45) is 6.05. The van der Waals surface area contributed by atoms with E-state index in [-0.39, 0.29) is 5.91 Å². The molecule has 1 rings (SSSR count). The van der Waals surface area contributed by atoms with Gasteiger partial charge in [-0.1, -0.05) is 26.8 Å². The third kappa shape index (κ3) is 4.81. The Hall–Kier alpha value is -0.830. The molecule has 0 aromatic carbocycles. The third-order valence-electron chi connectivity index (χ3n) is 3.69. The van der Waals surface area contributed by atoms with E-state index in [2.05, 4.69) is 25.7 Å². The van der Waals surface area contributed by atoms with Crippen LogP contribution >= 0.6 is 0 Å². The van der Waals surface area contributed by atoms with Crippen molar-refractivity contribution in [2.45, 2.75) is 33.6 Å². The Kier molecular flexibility index (Phi) is 5.39. The van der Waals surface area contributed by atoms with Crippen molar-refractivity contribution in [3.05, 3.63) is 12.2 Å². The zero-order chi connectivity index (χ0) is 13.8. The fraction of sp³-hybridized carbons (Fsp3) is 0.800. The topological polar surface area (TPSA) is 23.6 Å². The highest BCUT2D eigenvalue weighted by atomic mass is 16.2. The third-order valence-corrected chi connectivity index (χ3v) is 3.69. The van der Waals surface area contributed by atoms with E-state index in [4.69, 9.17) is 0 Å². The Balaban J connectivity index is 2.51. The minimum atomic E-state index is 0.172. The largest absolute Gasteiger partial charge is 0.339 e. The van der Waals surface area contributed by atoms with Gasteiger partial charge in [-0.3, -0.25) is 4.79 Å². The Morgan fingerprint density at radius 2 is 2.06 bits per heavy atom. The maximum Gasteiger partial charge on any atom is 0.246 e. The lowest BCUT2D eigenvalue weighted by Crippen LogP contribution is -2.43. The van der Waals surface area contributed by atoms with Crippen molar-refractivity contribution >= 4 is 5.91 Å². The molecule has 0 aromatic rings. The van der Waals surface area contributed by atoms with Gasteiger partial charge in [-0.05, 0) is 38.3 Å². The van der Waals surface area contributed by atoms with Gasteiger partial charge in [0.2, 0.25) is 5.91 Å². The summed E-state index contributed by atoms with van der Waals surface area (Å²) < 4.78 is 0. The molecule has 3 nitrogen and oxygen atoms in total. The molecule has 0 radical (unpaired) electrons. The standard InChI is InChI=1S/C15H28N2O/c1-15(2,3)13-8-6-11-17(12-13)14(18)9-7-10-16(4)5/h7,9,13H,6,8,10-12H2,1-5H3/b9-7+. The average molecular weight is 252 g/mol. The van der Waals surface area contributed by atoms with E-state index in [1.54, 1.807) is 6.08 Å². The van der Waals surface area contributed by atoms with Gasteiger partial charge in [0.15, 0.2) is 0 Å². The highest BCUT2D eigenvalue weighted by molar-refractivity contribution is 5.87. The van der Waals surface area contributed by atoms with Gasteiger partial charge in [0, 0.05) is 25.7 Å². The fourth-order valence-corrected chi connectivity index (χ4v) is 2.35. The second-order valence-corrected chi connectivity index (χ2v) is 6.65. The Morgan fingerprint density at radius 1 is 1.39 bits per heavy atom. The number of nitrogens with zero attached hydrogens (tertiary/aromatic N) is 2. The summed E-state index contributed by atoms with van der Waals surface area (Å²) in [6, 6.07) is 0. The molecule has 1 aliphatic heterocycles. The summed E-state index contributed by atoms with van der Waals surface area (Å²) >= 11 is 0. The monoisotopic (exact) mass is 252 g/mol. The summed E-state index contributed by atoms with van der Waals surface area (Å²) in [7, 11) is 4.01. The zero-order valence-corrected chi connectivity index (χ0v) is 12.6. The summed E-state index contributed by atoms with van der Waals surface area (Å²) in [5, 5.41) is 0. The molecule has 0 aromatic heterocycles. The van der Waals surface area contributed by atoms with Crippen molar-refractivity contribution < 1.29 is 4.79 Å². The van der Waals surface area contributed by atoms with E-state index in [0.717, 1.165) is 26.1 Å². The highest BCUT2D eigenvalue weighted by Crippen LogP contribution is 2.33. The molecule has 0 bridgehead atoms. The summed E-state index contributed by atoms with van der Waals surface area (Å²) in [5.74, 6) is 0.795. The van der Waals surface area contributed by atoms with Crippen molar-refractivity contribution in [1.82, 2.24) is 9.80 Å². The molecule has 1 heterocycles. The van der Waals surface area contributed by atoms with Gasteiger partial charge in [0.1, 0.15) is 0 Å². The van der Waals surface area contributed by atoms with Crippen molar-refractivity contribution in [1.29, 1.82) is 0 Å². The number of carbonyl (C=O) groups is 1. The maximum absolute atomic E-state index is 12.1. The number of hydrogen-bond donors (Lipinski definition) is 0. The summed E-state index contributed by atoms with van der Waals surface area (Å²) in [5.41, 5.74) is 0.298. The first-order valence-electron chi connectivity index (χ1n) is 6.91. The van der Waals surface area contributed by atoms with Crippen LogP contribution in [0, 0.1) is 11.3 Å². The molecule has 3 heteroatoms. The molecule has 1 unspecified atom stereocenters. The van der Waals surface area contributed by atoms with Gasteiger partial charge in [-0.2, -0.15) is 0 Å². The van der Waals surface area contributed by atoms with E-state index in [0.29, 0.717) is 11.3 Å². The Labute approximate surface area is 112 Å². The first-order valence-corrected chi connectivity index (χ1v) is 6.91. The van der Waals surface area contributed by atoms with Crippen molar-refractivity contribution in [3.63, 3.8) is 0 Å². The van der Waals surface area contributed by atoms with Crippen LogP contribution in [0.3, 0.4) is 0 Å². The van der Waals surface area contributed by atoms with Gasteiger partial charge in [-0.15, -0.1) is 0 Å². The number of likely N-dealkylation sites (tertiary alicyclic amines) is 1. The van der Waals surface area contributed by atoms with E-state index in [9.17, 15) is 4.79 Å². The normalized spacial score (nSPS) is 21.9. The maximum atomic E-state index is 12.1. The summed E-state index contributed by atoms with van der Waals surface area (Å²) in [6.45, 7) is 9.46. The second kappa shape index (κ2) is 6.37. The predicted molar refractivity (Wildman–Crippen MR) is 76.5 cm³/mol. The molecule has 18 heavy (non-hydrogen) atoms. The van der Waals surface area contributed by atoms with Gasteiger partial charge in [0.05, 0.1) is 0 Å². The van der Waals surface area contributed by atoms with E-state index >= 15 is 0 Å². The summed E-state index contributed by atoms with van der Waals surface area (Å²) in [4.78, 5) is 16.1. The van der Waals surface area contributed by atoms with Crippen molar-refractivity contribution in [2.75, 3.05) is 33.7 Å². The molecule has 1 amide bonds. The fourth-order valence-electron chi connectivity index (χ4n) is 2.35. The molecule has 1 fully saturated rings. The Morgan fingerprint density at radius 3 is 2.61 bits per heavy atom. The first kappa shape index (κ1) is 15.2. The number of amides is 1. The molecule has 1 saturated heterocycles. The number of carbonyl (C=O) groups excluding carboxylic acids is 1. The molecule has 0 aliphatic carbocycles. The van der Waals surface area contributed by atoms with Crippen LogP contribution in [0.5, 0.6) is 0 Å². The van der Waals surface area contributed by atoms with Gasteiger partial charge in [-0.25, -0.2) is 0 Å². The van der Waals surface area contributed by atoms with Crippen LogP contribution in [-0.2, 0) is 4.79 Å². The molecular formula is C15H28N2O. The number of piperidine rings is 1. The lowest BCUT2D eigenvalue weighted by atomic mass is 9.76. The molecule has 0 saturated carbocycles. The van der Waals surface area contributed by atoms with Gasteiger partial charge < -0.3 is 9.80 Å². The van der Waals surface area contributed by atoms with Crippen LogP contribution < -0.4 is 0 Å². The number of rotatable bonds is 3. The van der Waals surface area contributed by atoms with Crippen LogP contribution in [0.4, 0.5) is 0 Å². The second-order valence-electron chi connectivity index (χ2n) is 6.65. The van der Waals surface area contributed by atoms with Crippen molar-refractivity contribution in [2.24, 2.45) is 11.3 Å². The van der Waals surface area contributed by atoms with Crippen LogP contribution in [0.15, 0.2) is 12.2 Å². The highest BCUT2D eigenvalue weighted by Gasteiger charge is 2.30.